The topological polar surface area (TPSA) is 89.7 Å². The molecule has 0 aliphatic carbocycles. The van der Waals surface area contributed by atoms with E-state index in [0.29, 0.717) is 6.61 Å². The van der Waals surface area contributed by atoms with Crippen LogP contribution >= 0.6 is 11.6 Å². The van der Waals surface area contributed by atoms with Crippen LogP contribution in [0.25, 0.3) is 0 Å². The normalized spacial score (nSPS) is 20.6. The van der Waals surface area contributed by atoms with E-state index in [1.54, 1.807) is 0 Å². The van der Waals surface area contributed by atoms with Crippen LogP contribution in [-0.2, 0) is 19.6 Å². The zero-order valence-corrected chi connectivity index (χ0v) is 16.9. The van der Waals surface area contributed by atoms with Gasteiger partial charge in [0.25, 0.3) is 0 Å². The number of sulfonamides is 1. The first-order valence-corrected chi connectivity index (χ1v) is 10.3. The number of primary amides is 1. The van der Waals surface area contributed by atoms with Crippen molar-refractivity contribution < 1.29 is 31.1 Å². The Balaban J connectivity index is 2.42. The first-order chi connectivity index (χ1) is 12.7. The second-order valence-corrected chi connectivity index (χ2v) is 9.72. The van der Waals surface area contributed by atoms with Crippen molar-refractivity contribution in [2.45, 2.75) is 49.9 Å². The number of nitrogens with two attached hydrogens (primary N) is 1. The highest BCUT2D eigenvalue weighted by Crippen LogP contribution is 2.36. The Morgan fingerprint density at radius 1 is 1.36 bits per heavy atom. The Morgan fingerprint density at radius 2 is 1.93 bits per heavy atom. The van der Waals surface area contributed by atoms with Crippen molar-refractivity contribution in [3.8, 4) is 0 Å². The van der Waals surface area contributed by atoms with E-state index in [2.05, 4.69) is 0 Å². The van der Waals surface area contributed by atoms with Crippen LogP contribution in [0.2, 0.25) is 5.02 Å². The number of carbonyl (C=O) groups excluding carboxylic acids is 1. The van der Waals surface area contributed by atoms with Crippen LogP contribution in [0.1, 0.15) is 26.7 Å². The third kappa shape index (κ3) is 5.37. The molecule has 2 atom stereocenters. The number of nitrogens with zero attached hydrogens (tertiary/aromatic N) is 1. The molecule has 0 radical (unpaired) electrons. The van der Waals surface area contributed by atoms with E-state index >= 15 is 0 Å². The minimum atomic E-state index is -4.56. The minimum absolute atomic E-state index is 0.202. The molecular weight excluding hydrogens is 421 g/mol. The van der Waals surface area contributed by atoms with E-state index in [9.17, 15) is 26.4 Å². The van der Waals surface area contributed by atoms with Crippen molar-refractivity contribution in [2.75, 3.05) is 13.2 Å². The van der Waals surface area contributed by atoms with Crippen molar-refractivity contribution in [3.05, 3.63) is 29.3 Å². The standard InChI is InChI=1S/C17H22ClF3N2O4S/c1-16(2)10-27-14(16)9-23(13(15(22)24)7-8-17(19,20)21)28(25,26)12-5-3-11(18)4-6-12/h3-6,13-14H,7-10H2,1-2H3,(H2,22,24)/t13-,14+/m1/s1. The van der Waals surface area contributed by atoms with Crippen LogP contribution in [-0.4, -0.2) is 50.1 Å². The van der Waals surface area contributed by atoms with Gasteiger partial charge in [-0.3, -0.25) is 4.79 Å². The molecule has 0 bridgehead atoms. The van der Waals surface area contributed by atoms with Gasteiger partial charge in [-0.2, -0.15) is 17.5 Å². The Kier molecular flexibility index (Phi) is 6.69. The first kappa shape index (κ1) is 22.9. The Hall–Kier alpha value is -1.36. The zero-order valence-electron chi connectivity index (χ0n) is 15.4. The number of carbonyl (C=O) groups is 1. The molecule has 2 rings (SSSR count). The van der Waals surface area contributed by atoms with Crippen molar-refractivity contribution in [3.63, 3.8) is 0 Å². The fourth-order valence-electron chi connectivity index (χ4n) is 2.86. The molecule has 6 nitrogen and oxygen atoms in total. The molecule has 158 valence electrons. The number of halogens is 4. The van der Waals surface area contributed by atoms with Gasteiger partial charge in [-0.05, 0) is 30.7 Å². The Bertz CT molecular complexity index is 813. The van der Waals surface area contributed by atoms with Gasteiger partial charge in [0.15, 0.2) is 0 Å². The number of amides is 1. The second-order valence-electron chi connectivity index (χ2n) is 7.39. The fourth-order valence-corrected chi connectivity index (χ4v) is 4.61. The maximum absolute atomic E-state index is 13.1. The van der Waals surface area contributed by atoms with E-state index in [1.165, 1.54) is 24.3 Å². The van der Waals surface area contributed by atoms with Crippen LogP contribution in [0, 0.1) is 5.41 Å². The average Bonchev–Trinajstić information content (AvgIpc) is 2.55. The molecule has 1 fully saturated rings. The van der Waals surface area contributed by atoms with E-state index in [-0.39, 0.29) is 21.9 Å². The predicted octanol–water partition coefficient (Wildman–Crippen LogP) is 2.95. The third-order valence-corrected chi connectivity index (χ3v) is 6.81. The molecule has 0 spiro atoms. The lowest BCUT2D eigenvalue weighted by Crippen LogP contribution is -2.58. The summed E-state index contributed by atoms with van der Waals surface area (Å²) >= 11 is 5.78. The molecule has 0 aromatic heterocycles. The summed E-state index contributed by atoms with van der Waals surface area (Å²) in [5.74, 6) is -1.15. The number of ether oxygens (including phenoxy) is 1. The summed E-state index contributed by atoms with van der Waals surface area (Å²) in [4.78, 5) is 11.7. The molecule has 0 saturated carbocycles. The summed E-state index contributed by atoms with van der Waals surface area (Å²) < 4.78 is 70.5. The Labute approximate surface area is 166 Å². The maximum Gasteiger partial charge on any atom is 0.389 e. The van der Waals surface area contributed by atoms with Crippen LogP contribution in [0.4, 0.5) is 13.2 Å². The summed E-state index contributed by atoms with van der Waals surface area (Å²) in [5, 5.41) is 0.289. The van der Waals surface area contributed by atoms with E-state index in [1.807, 2.05) is 13.8 Å². The zero-order chi connectivity index (χ0) is 21.3. The van der Waals surface area contributed by atoms with E-state index in [4.69, 9.17) is 22.1 Å². The van der Waals surface area contributed by atoms with Crippen molar-refractivity contribution >= 4 is 27.5 Å². The van der Waals surface area contributed by atoms with Crippen LogP contribution in [0.3, 0.4) is 0 Å². The quantitative estimate of drug-likeness (QED) is 0.670. The van der Waals surface area contributed by atoms with Crippen LogP contribution < -0.4 is 5.73 Å². The van der Waals surface area contributed by atoms with Crippen molar-refractivity contribution in [2.24, 2.45) is 11.1 Å². The molecule has 1 saturated heterocycles. The van der Waals surface area contributed by atoms with Crippen LogP contribution in [0.15, 0.2) is 29.2 Å². The third-order valence-electron chi connectivity index (χ3n) is 4.67. The van der Waals surface area contributed by atoms with Gasteiger partial charge in [0.2, 0.25) is 15.9 Å². The number of benzene rings is 1. The SMILES string of the molecule is CC1(C)CO[C@H]1CN([C@H](CCC(F)(F)F)C(N)=O)S(=O)(=O)c1ccc(Cl)cc1. The molecule has 2 N–H and O–H groups in total. The van der Waals surface area contributed by atoms with Gasteiger partial charge in [-0.25, -0.2) is 8.42 Å². The number of hydrogen-bond acceptors (Lipinski definition) is 4. The predicted molar refractivity (Wildman–Crippen MR) is 97.1 cm³/mol. The van der Waals surface area contributed by atoms with Gasteiger partial charge in [-0.15, -0.1) is 0 Å². The lowest BCUT2D eigenvalue weighted by atomic mass is 9.82. The summed E-state index contributed by atoms with van der Waals surface area (Å²) in [6.45, 7) is 3.76. The van der Waals surface area contributed by atoms with Crippen LogP contribution in [0.5, 0.6) is 0 Å². The number of rotatable bonds is 8. The van der Waals surface area contributed by atoms with E-state index < -0.39 is 47.1 Å². The second kappa shape index (κ2) is 8.17. The minimum Gasteiger partial charge on any atom is -0.376 e. The molecule has 1 heterocycles. The molecule has 1 amide bonds. The molecule has 1 aromatic carbocycles. The van der Waals surface area contributed by atoms with Gasteiger partial charge in [0, 0.05) is 23.4 Å². The highest BCUT2D eigenvalue weighted by Gasteiger charge is 2.46. The van der Waals surface area contributed by atoms with Crippen molar-refractivity contribution in [1.82, 2.24) is 4.31 Å². The maximum atomic E-state index is 13.1. The number of hydrogen-bond donors (Lipinski definition) is 1. The average molecular weight is 443 g/mol. The summed E-state index contributed by atoms with van der Waals surface area (Å²) in [6, 6.07) is 3.46. The lowest BCUT2D eigenvalue weighted by Gasteiger charge is -2.46. The number of alkyl halides is 3. The molecule has 1 aromatic rings. The van der Waals surface area contributed by atoms with Gasteiger partial charge in [-0.1, -0.05) is 25.4 Å². The lowest BCUT2D eigenvalue weighted by molar-refractivity contribution is -0.174. The Morgan fingerprint density at radius 3 is 2.32 bits per heavy atom. The molecule has 0 unspecified atom stereocenters. The molecule has 28 heavy (non-hydrogen) atoms. The largest absolute Gasteiger partial charge is 0.389 e. The summed E-state index contributed by atoms with van der Waals surface area (Å²) in [6.07, 6.45) is -7.27. The molecule has 1 aliphatic rings. The van der Waals surface area contributed by atoms with Gasteiger partial charge in [0.05, 0.1) is 17.6 Å². The first-order valence-electron chi connectivity index (χ1n) is 8.49. The van der Waals surface area contributed by atoms with Gasteiger partial charge in [0.1, 0.15) is 6.04 Å². The summed E-state index contributed by atoms with van der Waals surface area (Å²) in [5.41, 5.74) is 4.91. The van der Waals surface area contributed by atoms with Gasteiger partial charge >= 0.3 is 6.18 Å². The molecule has 1 aliphatic heterocycles. The van der Waals surface area contributed by atoms with Gasteiger partial charge < -0.3 is 10.5 Å². The fraction of sp³-hybridized carbons (Fsp3) is 0.588. The van der Waals surface area contributed by atoms with Crippen molar-refractivity contribution in [1.29, 1.82) is 0 Å². The van der Waals surface area contributed by atoms with E-state index in [0.717, 1.165) is 4.31 Å². The molecular formula is C17H22ClF3N2O4S. The molecule has 11 heteroatoms. The summed E-state index contributed by atoms with van der Waals surface area (Å²) in [7, 11) is -4.32. The smallest absolute Gasteiger partial charge is 0.376 e. The highest BCUT2D eigenvalue weighted by molar-refractivity contribution is 7.89. The monoisotopic (exact) mass is 442 g/mol. The highest BCUT2D eigenvalue weighted by atomic mass is 35.5.